The minimum Gasteiger partial charge on any atom is -0.462 e. The number of ether oxygens (including phenoxy) is 1. The van der Waals surface area contributed by atoms with Crippen molar-refractivity contribution in [3.63, 3.8) is 0 Å². The highest BCUT2D eigenvalue weighted by Gasteiger charge is 2.88. The zero-order valence-corrected chi connectivity index (χ0v) is 51.5. The maximum Gasteiger partial charge on any atom is 0.508 e. The summed E-state index contributed by atoms with van der Waals surface area (Å²) in [4.78, 5) is 14.4. The fraction of sp³-hybridized carbons (Fsp3) is 0.939. The minimum atomic E-state index is -4.50. The largest absolute Gasteiger partial charge is 0.508 e. The molecule has 0 aromatic carbocycles. The van der Waals surface area contributed by atoms with Crippen LogP contribution in [0.1, 0.15) is 245 Å². The third kappa shape index (κ3) is 9.81. The van der Waals surface area contributed by atoms with Crippen molar-refractivity contribution < 1.29 is 58.9 Å². The van der Waals surface area contributed by atoms with E-state index in [1.807, 2.05) is 19.5 Å². The van der Waals surface area contributed by atoms with Crippen molar-refractivity contribution in [2.75, 3.05) is 6.61 Å². The second-order valence-corrected chi connectivity index (χ2v) is 49.8. The van der Waals surface area contributed by atoms with Gasteiger partial charge in [-0.1, -0.05) is 142 Å². The molecule has 0 aromatic heterocycles. The Morgan fingerprint density at radius 2 is 0.549 bits per heavy atom. The van der Waals surface area contributed by atoms with Crippen LogP contribution in [0.25, 0.3) is 0 Å². The Morgan fingerprint density at radius 1 is 0.352 bits per heavy atom. The van der Waals surface area contributed by atoms with E-state index < -0.39 is 76.4 Å². The normalized spacial score (nSPS) is 44.4. The molecule has 13 aliphatic rings. The molecule has 6 aliphatic heterocycles. The van der Waals surface area contributed by atoms with E-state index >= 15 is 0 Å². The van der Waals surface area contributed by atoms with Crippen molar-refractivity contribution in [2.24, 2.45) is 0 Å². The van der Waals surface area contributed by atoms with E-state index in [1.165, 1.54) is 25.7 Å². The summed E-state index contributed by atoms with van der Waals surface area (Å²) in [5, 5.41) is 0. The Balaban J connectivity index is 1.20. The first kappa shape index (κ1) is 52.2. The van der Waals surface area contributed by atoms with Crippen molar-refractivity contribution in [1.29, 1.82) is 0 Å². The van der Waals surface area contributed by atoms with Crippen LogP contribution in [-0.2, 0) is 58.9 Å². The fourth-order valence-corrected chi connectivity index (χ4v) is 70.7. The van der Waals surface area contributed by atoms with Gasteiger partial charge in [0.2, 0.25) is 0 Å². The number of carbonyl (C=O) groups is 1. The van der Waals surface area contributed by atoms with Crippen molar-refractivity contribution in [3.8, 4) is 0 Å². The van der Waals surface area contributed by atoms with Crippen LogP contribution in [0.5, 0.6) is 0 Å². The van der Waals surface area contributed by atoms with Crippen LogP contribution in [0.15, 0.2) is 11.3 Å². The lowest BCUT2D eigenvalue weighted by molar-refractivity contribution is -0.139. The Kier molecular flexibility index (Phi) is 15.6. The molecule has 6 saturated heterocycles. The van der Waals surface area contributed by atoms with Gasteiger partial charge in [-0.05, 0) is 109 Å². The molecule has 13 fully saturated rings. The molecule has 0 amide bonds. The molecular weight excluding hydrogens is 1040 g/mol. The molecule has 71 heavy (non-hydrogen) atoms. The molecule has 14 nitrogen and oxygen atoms in total. The number of hydrogen-bond acceptors (Lipinski definition) is 14. The van der Waals surface area contributed by atoms with E-state index in [0.29, 0.717) is 18.6 Å². The molecule has 0 N–H and O–H groups in total. The van der Waals surface area contributed by atoms with Gasteiger partial charge in [-0.25, -0.2) is 4.79 Å². The molecule has 6 heterocycles. The van der Waals surface area contributed by atoms with Crippen LogP contribution in [0, 0.1) is 0 Å². The van der Waals surface area contributed by atoms with Crippen LogP contribution < -0.4 is 0 Å². The average molecular weight is 1130 g/mol. The molecule has 0 aromatic rings. The van der Waals surface area contributed by atoms with Gasteiger partial charge >= 0.3 is 76.4 Å². The maximum absolute atomic E-state index is 14.4. The first-order valence-electron chi connectivity index (χ1n) is 29.9. The van der Waals surface area contributed by atoms with Crippen molar-refractivity contribution in [3.05, 3.63) is 11.3 Å². The quantitative estimate of drug-likeness (QED) is 0.110. The smallest absolute Gasteiger partial charge is 0.462 e. The van der Waals surface area contributed by atoms with E-state index in [1.54, 1.807) is 0 Å². The highest BCUT2D eigenvalue weighted by Crippen LogP contribution is 2.65. The summed E-state index contributed by atoms with van der Waals surface area (Å²) >= 11 is 0. The molecule has 0 unspecified atom stereocenters. The van der Waals surface area contributed by atoms with E-state index in [2.05, 4.69) is 0 Å². The molecule has 8 bridgehead atoms. The number of esters is 1. The molecule has 13 rings (SSSR count). The average Bonchev–Trinajstić information content (AvgIpc) is 3.39. The summed E-state index contributed by atoms with van der Waals surface area (Å²) in [6.45, 7) is 4.19. The maximum atomic E-state index is 14.4. The summed E-state index contributed by atoms with van der Waals surface area (Å²) in [6, 6.07) is 0. The summed E-state index contributed by atoms with van der Waals surface area (Å²) in [5.74, 6) is -0.403. The van der Waals surface area contributed by atoms with Crippen LogP contribution in [0.4, 0.5) is 0 Å². The third-order valence-electron chi connectivity index (χ3n) is 19.3. The topological polar surface area (TPSA) is 137 Å². The van der Waals surface area contributed by atoms with Crippen molar-refractivity contribution in [2.45, 2.75) is 284 Å². The lowest BCUT2D eigenvalue weighted by atomic mass is 10.0. The van der Waals surface area contributed by atoms with Crippen LogP contribution >= 0.6 is 0 Å². The minimum absolute atomic E-state index is 0.00241. The standard InChI is InChI=1S/C49H88O14Si8/c1-3-39-51-49(50)41(2)40-64-52-65(42-25-11-4-12-26-42)55-68(45-31-17-7-18-32-45)57-66(53-64,43-27-13-5-14-28-43)59-70(47-35-21-9-22-36-47)60-67(54-64,44-29-15-6-16-30-44)58-69(56-65,46-33-19-8-20-34-46)62-71(61-68,63-70)48-37-23-10-24-38-48/h40,42-48H,3-39H2,1-2H3. The second kappa shape index (κ2) is 21.3. The molecule has 0 radical (unpaired) electrons. The predicted molar refractivity (Wildman–Crippen MR) is 282 cm³/mol. The van der Waals surface area contributed by atoms with E-state index in [9.17, 15) is 4.79 Å². The molecule has 400 valence electrons. The zero-order chi connectivity index (χ0) is 48.3. The molecular formula is C49H88O14Si8. The van der Waals surface area contributed by atoms with Gasteiger partial charge in [0.05, 0.1) is 6.61 Å². The second-order valence-electron chi connectivity index (χ2n) is 24.4. The molecule has 0 atom stereocenters. The van der Waals surface area contributed by atoms with Gasteiger partial charge in [-0.2, -0.15) is 0 Å². The molecule has 7 aliphatic carbocycles. The third-order valence-corrected chi connectivity index (χ3v) is 58.4. The van der Waals surface area contributed by atoms with E-state index in [-0.39, 0.29) is 38.8 Å². The fourth-order valence-electron chi connectivity index (χ4n) is 15.5. The number of hydrogen-bond donors (Lipinski definition) is 0. The van der Waals surface area contributed by atoms with E-state index in [0.717, 1.165) is 199 Å². The first-order chi connectivity index (χ1) is 34.6. The van der Waals surface area contributed by atoms with Gasteiger partial charge in [0, 0.05) is 44.4 Å². The van der Waals surface area contributed by atoms with Gasteiger partial charge < -0.3 is 54.1 Å². The highest BCUT2D eigenvalue weighted by molar-refractivity contribution is 7.05. The highest BCUT2D eigenvalue weighted by atomic mass is 28.6. The monoisotopic (exact) mass is 1120 g/mol. The van der Waals surface area contributed by atoms with E-state index in [4.69, 9.17) is 54.1 Å². The first-order valence-corrected chi connectivity index (χ1v) is 44.3. The van der Waals surface area contributed by atoms with Gasteiger partial charge in [0.1, 0.15) is 0 Å². The molecule has 0 spiro atoms. The predicted octanol–water partition coefficient (Wildman–Crippen LogP) is 13.5. The molecule has 7 saturated carbocycles. The number of rotatable bonds is 11. The Morgan fingerprint density at radius 3 is 0.746 bits per heavy atom. The van der Waals surface area contributed by atoms with Gasteiger partial charge in [-0.15, -0.1) is 0 Å². The Labute approximate surface area is 434 Å². The van der Waals surface area contributed by atoms with Crippen LogP contribution in [0.3, 0.4) is 0 Å². The lowest BCUT2D eigenvalue weighted by Crippen LogP contribution is -2.91. The van der Waals surface area contributed by atoms with Gasteiger partial charge in [0.25, 0.3) is 0 Å². The molecule has 22 heteroatoms. The Hall–Kier alpha value is 0.465. The lowest BCUT2D eigenvalue weighted by Gasteiger charge is -2.67. The van der Waals surface area contributed by atoms with Crippen molar-refractivity contribution >= 4 is 76.4 Å². The summed E-state index contributed by atoms with van der Waals surface area (Å²) < 4.78 is 109. The Bertz CT molecular complexity index is 1710. The SMILES string of the molecule is CCCOC(=O)C(C)=C[Si]12O[Si]3(C4CCCCC4)O[Si]4(C5CCCCC5)O[Si](C5CCCCC5)(O1)O[Si]1(C5CCCCC5)O[Si](C5CCCCC5)(O2)O[Si](C2CCCCC2)(O3)O[Si](C2CCCCC2)(O4)O1. The van der Waals surface area contributed by atoms with Crippen LogP contribution in [-0.4, -0.2) is 83.0 Å². The van der Waals surface area contributed by atoms with Crippen LogP contribution in [0.2, 0.25) is 38.8 Å². The summed E-state index contributed by atoms with van der Waals surface area (Å²) in [5.41, 5.74) is 1.93. The van der Waals surface area contributed by atoms with Gasteiger partial charge in [0.15, 0.2) is 0 Å². The zero-order valence-electron chi connectivity index (χ0n) is 43.5. The van der Waals surface area contributed by atoms with Gasteiger partial charge in [-0.3, -0.25) is 0 Å². The summed E-state index contributed by atoms with van der Waals surface area (Å²) in [7, 11) is -33.6. The van der Waals surface area contributed by atoms with Crippen molar-refractivity contribution in [1.82, 2.24) is 0 Å². The number of carbonyl (C=O) groups excluding carboxylic acids is 1. The summed E-state index contributed by atoms with van der Waals surface area (Å²) in [6.07, 6.45) is 36.4.